The summed E-state index contributed by atoms with van der Waals surface area (Å²) in [6.07, 6.45) is 2.50. The van der Waals surface area contributed by atoms with Crippen LogP contribution in [-0.4, -0.2) is 6.10 Å². The van der Waals surface area contributed by atoms with Gasteiger partial charge in [-0.05, 0) is 49.9 Å². The van der Waals surface area contributed by atoms with Crippen molar-refractivity contribution in [1.29, 1.82) is 0 Å². The second kappa shape index (κ2) is 5.53. The molecule has 2 N–H and O–H groups in total. The highest BCUT2D eigenvalue weighted by molar-refractivity contribution is 5.40. The minimum absolute atomic E-state index is 0.0237. The average molecular weight is 281 g/mol. The molecule has 0 spiro atoms. The van der Waals surface area contributed by atoms with Crippen molar-refractivity contribution in [2.45, 2.75) is 44.2 Å². The van der Waals surface area contributed by atoms with Gasteiger partial charge in [0.1, 0.15) is 5.75 Å². The van der Waals surface area contributed by atoms with Gasteiger partial charge in [0.2, 0.25) is 0 Å². The molecule has 0 heterocycles. The molecule has 0 aromatic heterocycles. The van der Waals surface area contributed by atoms with E-state index in [1.807, 2.05) is 26.0 Å². The van der Waals surface area contributed by atoms with Gasteiger partial charge >= 0.3 is 0 Å². The molecule has 1 atom stereocenters. The number of hydrogen-bond acceptors (Lipinski definition) is 2. The Morgan fingerprint density at radius 2 is 1.71 bits per heavy atom. The molecule has 1 aliphatic carbocycles. The van der Waals surface area contributed by atoms with Gasteiger partial charge in [0.25, 0.3) is 0 Å². The van der Waals surface area contributed by atoms with Crippen molar-refractivity contribution in [1.82, 2.24) is 0 Å². The third-order valence-corrected chi connectivity index (χ3v) is 4.32. The van der Waals surface area contributed by atoms with Crippen LogP contribution in [0, 0.1) is 0 Å². The van der Waals surface area contributed by atoms with Crippen LogP contribution in [0.2, 0.25) is 0 Å². The van der Waals surface area contributed by atoms with Crippen LogP contribution in [0.3, 0.4) is 0 Å². The topological polar surface area (TPSA) is 35.2 Å². The zero-order valence-electron chi connectivity index (χ0n) is 12.8. The molecule has 0 radical (unpaired) electrons. The van der Waals surface area contributed by atoms with Gasteiger partial charge in [-0.3, -0.25) is 0 Å². The van der Waals surface area contributed by atoms with Crippen molar-refractivity contribution in [3.63, 3.8) is 0 Å². The summed E-state index contributed by atoms with van der Waals surface area (Å²) < 4.78 is 5.79. The predicted octanol–water partition coefficient (Wildman–Crippen LogP) is 4.21. The molecular weight excluding hydrogens is 258 g/mol. The number of ether oxygens (including phenoxy) is 1. The minimum atomic E-state index is 0.0237. The first-order chi connectivity index (χ1) is 10.1. The average Bonchev–Trinajstić information content (AvgIpc) is 3.29. The Labute approximate surface area is 126 Å². The molecule has 0 amide bonds. The summed E-state index contributed by atoms with van der Waals surface area (Å²) in [5.41, 5.74) is 9.24. The van der Waals surface area contributed by atoms with E-state index in [0.717, 1.165) is 24.2 Å². The quantitative estimate of drug-likeness (QED) is 0.891. The Kier molecular flexibility index (Phi) is 3.73. The van der Waals surface area contributed by atoms with E-state index in [4.69, 9.17) is 10.5 Å². The van der Waals surface area contributed by atoms with E-state index < -0.39 is 0 Å². The Bertz CT molecular complexity index is 602. The van der Waals surface area contributed by atoms with E-state index in [2.05, 4.69) is 42.5 Å². The van der Waals surface area contributed by atoms with Crippen molar-refractivity contribution in [3.8, 4) is 5.75 Å². The van der Waals surface area contributed by atoms with Gasteiger partial charge in [-0.2, -0.15) is 0 Å². The lowest BCUT2D eigenvalue weighted by molar-refractivity contribution is 0.242. The zero-order chi connectivity index (χ0) is 14.9. The normalized spacial score (nSPS) is 17.5. The summed E-state index contributed by atoms with van der Waals surface area (Å²) in [7, 11) is 0. The molecule has 2 aromatic carbocycles. The molecule has 1 unspecified atom stereocenters. The SMILES string of the molecule is CC(C)Oc1cccc(C(N)C2(c3ccccc3)CC2)c1. The molecule has 2 nitrogen and oxygen atoms in total. The van der Waals surface area contributed by atoms with Crippen molar-refractivity contribution >= 4 is 0 Å². The maximum absolute atomic E-state index is 6.61. The highest BCUT2D eigenvalue weighted by Crippen LogP contribution is 2.55. The Morgan fingerprint density at radius 1 is 1.00 bits per heavy atom. The Morgan fingerprint density at radius 3 is 2.33 bits per heavy atom. The monoisotopic (exact) mass is 281 g/mol. The number of benzene rings is 2. The second-order valence-electron chi connectivity index (χ2n) is 6.24. The fourth-order valence-corrected chi connectivity index (χ4v) is 3.06. The minimum Gasteiger partial charge on any atom is -0.491 e. The summed E-state index contributed by atoms with van der Waals surface area (Å²) in [6.45, 7) is 4.08. The molecule has 0 bridgehead atoms. The fourth-order valence-electron chi connectivity index (χ4n) is 3.06. The van der Waals surface area contributed by atoms with E-state index in [1.165, 1.54) is 5.56 Å². The maximum Gasteiger partial charge on any atom is 0.120 e. The summed E-state index contributed by atoms with van der Waals surface area (Å²) in [5, 5.41) is 0. The predicted molar refractivity (Wildman–Crippen MR) is 86.5 cm³/mol. The number of nitrogens with two attached hydrogens (primary N) is 1. The van der Waals surface area contributed by atoms with Crippen LogP contribution in [0.4, 0.5) is 0 Å². The van der Waals surface area contributed by atoms with Crippen LogP contribution in [0.25, 0.3) is 0 Å². The lowest BCUT2D eigenvalue weighted by Gasteiger charge is -2.25. The summed E-state index contributed by atoms with van der Waals surface area (Å²) >= 11 is 0. The molecule has 1 saturated carbocycles. The van der Waals surface area contributed by atoms with Crippen molar-refractivity contribution in [2.75, 3.05) is 0 Å². The van der Waals surface area contributed by atoms with Gasteiger partial charge in [-0.1, -0.05) is 42.5 Å². The summed E-state index contributed by atoms with van der Waals surface area (Å²) in [6, 6.07) is 18.9. The molecule has 2 heteroatoms. The Hall–Kier alpha value is -1.80. The summed E-state index contributed by atoms with van der Waals surface area (Å²) in [4.78, 5) is 0. The van der Waals surface area contributed by atoms with E-state index in [0.29, 0.717) is 0 Å². The Balaban J connectivity index is 1.87. The van der Waals surface area contributed by atoms with Gasteiger partial charge in [-0.25, -0.2) is 0 Å². The van der Waals surface area contributed by atoms with Crippen LogP contribution in [0.15, 0.2) is 54.6 Å². The van der Waals surface area contributed by atoms with Gasteiger partial charge in [0.05, 0.1) is 6.10 Å². The van der Waals surface area contributed by atoms with E-state index >= 15 is 0 Å². The lowest BCUT2D eigenvalue weighted by atomic mass is 9.84. The largest absolute Gasteiger partial charge is 0.491 e. The number of hydrogen-bond donors (Lipinski definition) is 1. The first-order valence-corrected chi connectivity index (χ1v) is 7.69. The van der Waals surface area contributed by atoms with Gasteiger partial charge < -0.3 is 10.5 Å². The molecule has 3 rings (SSSR count). The van der Waals surface area contributed by atoms with E-state index in [1.54, 1.807) is 0 Å². The highest BCUT2D eigenvalue weighted by atomic mass is 16.5. The van der Waals surface area contributed by atoms with Crippen molar-refractivity contribution in [3.05, 3.63) is 65.7 Å². The molecule has 1 fully saturated rings. The van der Waals surface area contributed by atoms with Crippen LogP contribution >= 0.6 is 0 Å². The molecular formula is C19H23NO. The standard InChI is InChI=1S/C19H23NO/c1-14(2)21-17-10-6-7-15(13-17)18(20)19(11-12-19)16-8-4-3-5-9-16/h3-10,13-14,18H,11-12,20H2,1-2H3. The van der Waals surface area contributed by atoms with Crippen LogP contribution < -0.4 is 10.5 Å². The fraction of sp³-hybridized carbons (Fsp3) is 0.368. The lowest BCUT2D eigenvalue weighted by Crippen LogP contribution is -2.26. The molecule has 2 aromatic rings. The van der Waals surface area contributed by atoms with Gasteiger partial charge in [0.15, 0.2) is 0 Å². The first kappa shape index (κ1) is 14.2. The van der Waals surface area contributed by atoms with Gasteiger partial charge in [-0.15, -0.1) is 0 Å². The van der Waals surface area contributed by atoms with Crippen LogP contribution in [0.1, 0.15) is 43.9 Å². The van der Waals surface area contributed by atoms with Crippen LogP contribution in [-0.2, 0) is 5.41 Å². The molecule has 110 valence electrons. The smallest absolute Gasteiger partial charge is 0.120 e. The maximum atomic E-state index is 6.61. The van der Waals surface area contributed by atoms with Crippen molar-refractivity contribution < 1.29 is 4.74 Å². The molecule has 21 heavy (non-hydrogen) atoms. The molecule has 0 aliphatic heterocycles. The molecule has 1 aliphatic rings. The second-order valence-corrected chi connectivity index (χ2v) is 6.24. The highest BCUT2D eigenvalue weighted by Gasteiger charge is 2.49. The first-order valence-electron chi connectivity index (χ1n) is 7.69. The van der Waals surface area contributed by atoms with E-state index in [9.17, 15) is 0 Å². The van der Waals surface area contributed by atoms with Crippen LogP contribution in [0.5, 0.6) is 5.75 Å². The van der Waals surface area contributed by atoms with E-state index in [-0.39, 0.29) is 17.6 Å². The molecule has 0 saturated heterocycles. The third kappa shape index (κ3) is 2.81. The van der Waals surface area contributed by atoms with Gasteiger partial charge in [0, 0.05) is 11.5 Å². The summed E-state index contributed by atoms with van der Waals surface area (Å²) in [5.74, 6) is 0.904. The third-order valence-electron chi connectivity index (χ3n) is 4.32. The zero-order valence-corrected chi connectivity index (χ0v) is 12.8. The number of rotatable bonds is 5. The van der Waals surface area contributed by atoms with Crippen molar-refractivity contribution in [2.24, 2.45) is 5.73 Å².